The highest BCUT2D eigenvalue weighted by atomic mass is 16.5. The number of aryl methyl sites for hydroxylation is 1. The molecular weight excluding hydrogens is 236 g/mol. The number of hydrogen-bond donors (Lipinski definition) is 1. The first-order valence-electron chi connectivity index (χ1n) is 7.29. The number of benzene rings is 1. The van der Waals surface area contributed by atoms with Gasteiger partial charge in [-0.3, -0.25) is 4.90 Å². The van der Waals surface area contributed by atoms with Gasteiger partial charge in [-0.2, -0.15) is 0 Å². The van der Waals surface area contributed by atoms with E-state index >= 15 is 0 Å². The van der Waals surface area contributed by atoms with Crippen molar-refractivity contribution in [3.8, 4) is 0 Å². The van der Waals surface area contributed by atoms with Crippen LogP contribution in [0.4, 0.5) is 0 Å². The molecule has 106 valence electrons. The molecule has 19 heavy (non-hydrogen) atoms. The van der Waals surface area contributed by atoms with E-state index in [1.807, 2.05) is 0 Å². The minimum Gasteiger partial charge on any atom is -0.379 e. The Bertz CT molecular complexity index is 388. The maximum Gasteiger partial charge on any atom is 0.0594 e. The van der Waals surface area contributed by atoms with Crippen LogP contribution in [0, 0.1) is 6.92 Å². The van der Waals surface area contributed by atoms with Crippen LogP contribution in [0.2, 0.25) is 0 Å². The van der Waals surface area contributed by atoms with Crippen molar-refractivity contribution in [3.63, 3.8) is 0 Å². The van der Waals surface area contributed by atoms with E-state index in [4.69, 9.17) is 4.74 Å². The third-order valence-electron chi connectivity index (χ3n) is 4.04. The average Bonchev–Trinajstić information content (AvgIpc) is 2.46. The van der Waals surface area contributed by atoms with Crippen LogP contribution in [0.5, 0.6) is 0 Å². The summed E-state index contributed by atoms with van der Waals surface area (Å²) < 4.78 is 5.40. The Balaban J connectivity index is 1.82. The first-order valence-corrected chi connectivity index (χ1v) is 7.29. The minimum absolute atomic E-state index is 0.407. The molecule has 0 spiro atoms. The van der Waals surface area contributed by atoms with E-state index < -0.39 is 0 Å². The molecule has 0 aliphatic carbocycles. The molecule has 1 fully saturated rings. The highest BCUT2D eigenvalue weighted by Crippen LogP contribution is 2.16. The zero-order valence-electron chi connectivity index (χ0n) is 12.4. The van der Waals surface area contributed by atoms with E-state index in [0.29, 0.717) is 12.1 Å². The smallest absolute Gasteiger partial charge is 0.0594 e. The lowest BCUT2D eigenvalue weighted by Crippen LogP contribution is -2.46. The summed E-state index contributed by atoms with van der Waals surface area (Å²) in [4.78, 5) is 2.50. The Morgan fingerprint density at radius 2 is 1.89 bits per heavy atom. The molecule has 3 heteroatoms. The first kappa shape index (κ1) is 14.5. The predicted molar refractivity (Wildman–Crippen MR) is 79.5 cm³/mol. The van der Waals surface area contributed by atoms with Crippen LogP contribution < -0.4 is 5.32 Å². The summed E-state index contributed by atoms with van der Waals surface area (Å²) in [6.07, 6.45) is 0. The third-order valence-corrected chi connectivity index (χ3v) is 4.04. The van der Waals surface area contributed by atoms with E-state index in [1.54, 1.807) is 0 Å². The maximum absolute atomic E-state index is 5.40. The third kappa shape index (κ3) is 4.03. The molecule has 2 rings (SSSR count). The molecule has 0 aromatic heterocycles. The van der Waals surface area contributed by atoms with Crippen LogP contribution in [0.15, 0.2) is 24.3 Å². The topological polar surface area (TPSA) is 24.5 Å². The van der Waals surface area contributed by atoms with Crippen LogP contribution in [-0.4, -0.2) is 43.8 Å². The largest absolute Gasteiger partial charge is 0.379 e. The van der Waals surface area contributed by atoms with Crippen molar-refractivity contribution in [2.45, 2.75) is 32.9 Å². The molecule has 0 radical (unpaired) electrons. The molecular formula is C16H26N2O. The molecule has 1 aliphatic heterocycles. The molecule has 2 atom stereocenters. The van der Waals surface area contributed by atoms with Gasteiger partial charge in [-0.15, -0.1) is 0 Å². The van der Waals surface area contributed by atoms with Gasteiger partial charge in [0.2, 0.25) is 0 Å². The molecule has 0 saturated carbocycles. The first-order chi connectivity index (χ1) is 9.18. The van der Waals surface area contributed by atoms with E-state index in [9.17, 15) is 0 Å². The highest BCUT2D eigenvalue weighted by molar-refractivity contribution is 5.28. The SMILES string of the molecule is Cc1ccccc1[C@H](C)NC[C@@H](C)N1CCOCC1. The summed E-state index contributed by atoms with van der Waals surface area (Å²) in [5.41, 5.74) is 2.76. The summed E-state index contributed by atoms with van der Waals surface area (Å²) in [6, 6.07) is 9.58. The van der Waals surface area contributed by atoms with E-state index in [-0.39, 0.29) is 0 Å². The molecule has 3 nitrogen and oxygen atoms in total. The lowest BCUT2D eigenvalue weighted by molar-refractivity contribution is 0.0200. The van der Waals surface area contributed by atoms with Crippen molar-refractivity contribution in [1.29, 1.82) is 0 Å². The molecule has 1 N–H and O–H groups in total. The zero-order chi connectivity index (χ0) is 13.7. The summed E-state index contributed by atoms with van der Waals surface area (Å²) in [6.45, 7) is 11.6. The average molecular weight is 262 g/mol. The monoisotopic (exact) mass is 262 g/mol. The Morgan fingerprint density at radius 3 is 2.58 bits per heavy atom. The van der Waals surface area contributed by atoms with Gasteiger partial charge in [-0.25, -0.2) is 0 Å². The fourth-order valence-corrected chi connectivity index (χ4v) is 2.68. The van der Waals surface area contributed by atoms with Gasteiger partial charge in [0, 0.05) is 31.7 Å². The second-order valence-corrected chi connectivity index (χ2v) is 5.48. The summed E-state index contributed by atoms with van der Waals surface area (Å²) in [5, 5.41) is 3.65. The molecule has 1 aromatic carbocycles. The van der Waals surface area contributed by atoms with Crippen LogP contribution in [-0.2, 0) is 4.74 Å². The minimum atomic E-state index is 0.407. The Kier molecular flexibility index (Phi) is 5.37. The summed E-state index contributed by atoms with van der Waals surface area (Å²) in [5.74, 6) is 0. The molecule has 1 saturated heterocycles. The molecule has 0 amide bonds. The molecule has 1 aromatic rings. The Morgan fingerprint density at radius 1 is 1.21 bits per heavy atom. The van der Waals surface area contributed by atoms with Gasteiger partial charge in [0.15, 0.2) is 0 Å². The quantitative estimate of drug-likeness (QED) is 0.881. The Labute approximate surface area is 116 Å². The lowest BCUT2D eigenvalue weighted by atomic mass is 10.0. The maximum atomic E-state index is 5.40. The molecule has 1 heterocycles. The van der Waals surface area contributed by atoms with Crippen molar-refractivity contribution >= 4 is 0 Å². The molecule has 0 unspecified atom stereocenters. The second-order valence-electron chi connectivity index (χ2n) is 5.48. The number of nitrogens with one attached hydrogen (secondary N) is 1. The number of nitrogens with zero attached hydrogens (tertiary/aromatic N) is 1. The number of morpholine rings is 1. The van der Waals surface area contributed by atoms with Crippen LogP contribution in [0.1, 0.15) is 31.0 Å². The van der Waals surface area contributed by atoms with Crippen molar-refractivity contribution < 1.29 is 4.74 Å². The zero-order valence-corrected chi connectivity index (χ0v) is 12.4. The van der Waals surface area contributed by atoms with Gasteiger partial charge >= 0.3 is 0 Å². The predicted octanol–water partition coefficient (Wildman–Crippen LogP) is 2.37. The summed E-state index contributed by atoms with van der Waals surface area (Å²) in [7, 11) is 0. The molecule has 0 bridgehead atoms. The van der Waals surface area contributed by atoms with Crippen molar-refractivity contribution in [2.75, 3.05) is 32.8 Å². The number of rotatable bonds is 5. The molecule has 1 aliphatic rings. The van der Waals surface area contributed by atoms with Crippen LogP contribution in [0.3, 0.4) is 0 Å². The lowest BCUT2D eigenvalue weighted by Gasteiger charge is -2.33. The van der Waals surface area contributed by atoms with Crippen molar-refractivity contribution in [1.82, 2.24) is 10.2 Å². The number of ether oxygens (including phenoxy) is 1. The van der Waals surface area contributed by atoms with Gasteiger partial charge < -0.3 is 10.1 Å². The van der Waals surface area contributed by atoms with E-state index in [2.05, 4.69) is 55.3 Å². The van der Waals surface area contributed by atoms with Crippen molar-refractivity contribution in [3.05, 3.63) is 35.4 Å². The van der Waals surface area contributed by atoms with Crippen LogP contribution >= 0.6 is 0 Å². The van der Waals surface area contributed by atoms with E-state index in [0.717, 1.165) is 32.8 Å². The normalized spacial score (nSPS) is 20.2. The Hall–Kier alpha value is -0.900. The van der Waals surface area contributed by atoms with Crippen LogP contribution in [0.25, 0.3) is 0 Å². The van der Waals surface area contributed by atoms with E-state index in [1.165, 1.54) is 11.1 Å². The highest BCUT2D eigenvalue weighted by Gasteiger charge is 2.17. The van der Waals surface area contributed by atoms with Gasteiger partial charge in [0.05, 0.1) is 13.2 Å². The summed E-state index contributed by atoms with van der Waals surface area (Å²) >= 11 is 0. The van der Waals surface area contributed by atoms with Gasteiger partial charge in [0.25, 0.3) is 0 Å². The van der Waals surface area contributed by atoms with Crippen molar-refractivity contribution in [2.24, 2.45) is 0 Å². The fourth-order valence-electron chi connectivity index (χ4n) is 2.68. The van der Waals surface area contributed by atoms with Gasteiger partial charge in [-0.05, 0) is 31.9 Å². The van der Waals surface area contributed by atoms with Gasteiger partial charge in [-0.1, -0.05) is 24.3 Å². The fraction of sp³-hybridized carbons (Fsp3) is 0.625. The standard InChI is InChI=1S/C16H26N2O/c1-13-6-4-5-7-16(13)15(3)17-12-14(2)18-8-10-19-11-9-18/h4-7,14-15,17H,8-12H2,1-3H3/t14-,15+/m1/s1. The second kappa shape index (κ2) is 7.04. The van der Waals surface area contributed by atoms with Gasteiger partial charge in [0.1, 0.15) is 0 Å². The number of hydrogen-bond acceptors (Lipinski definition) is 3.